The molecule has 1 aromatic carbocycles. The summed E-state index contributed by atoms with van der Waals surface area (Å²) in [7, 11) is 0. The van der Waals surface area contributed by atoms with E-state index < -0.39 is 5.60 Å². The minimum Gasteiger partial charge on any atom is -0.382 e. The Morgan fingerprint density at radius 1 is 1.23 bits per heavy atom. The van der Waals surface area contributed by atoms with Crippen molar-refractivity contribution in [2.45, 2.75) is 46.1 Å². The first-order chi connectivity index (χ1) is 16.6. The van der Waals surface area contributed by atoms with Crippen LogP contribution < -0.4 is 5.56 Å². The Labute approximate surface area is 209 Å². The van der Waals surface area contributed by atoms with Crippen molar-refractivity contribution in [2.75, 3.05) is 0 Å². The molecule has 0 saturated heterocycles. The topological polar surface area (TPSA) is 80.4 Å². The van der Waals surface area contributed by atoms with Crippen LogP contribution in [0.25, 0.3) is 6.20 Å². The zero-order chi connectivity index (χ0) is 25.6. The number of nitrogens with zero attached hydrogens (tertiary/aromatic N) is 4. The lowest BCUT2D eigenvalue weighted by molar-refractivity contribution is 0.0686. The van der Waals surface area contributed by atoms with E-state index in [9.17, 15) is 14.3 Å². The van der Waals surface area contributed by atoms with E-state index in [-0.39, 0.29) is 22.2 Å². The Balaban J connectivity index is 1.91. The van der Waals surface area contributed by atoms with Crippen molar-refractivity contribution in [2.24, 2.45) is 4.99 Å². The van der Waals surface area contributed by atoms with Crippen LogP contribution in [0, 0.1) is 12.7 Å². The van der Waals surface area contributed by atoms with Gasteiger partial charge in [0.05, 0.1) is 11.4 Å². The molecule has 0 atom stereocenters. The van der Waals surface area contributed by atoms with E-state index in [1.807, 2.05) is 19.9 Å². The summed E-state index contributed by atoms with van der Waals surface area (Å²) in [5.41, 5.74) is 1.83. The molecule has 2 aromatic heterocycles. The lowest BCUT2D eigenvalue weighted by Gasteiger charge is -2.15. The van der Waals surface area contributed by atoms with Crippen molar-refractivity contribution in [3.63, 3.8) is 0 Å². The van der Waals surface area contributed by atoms with Crippen LogP contribution in [0.4, 0.5) is 4.39 Å². The number of hydrogen-bond donors (Lipinski definition) is 1. The van der Waals surface area contributed by atoms with Crippen LogP contribution >= 0.6 is 11.6 Å². The lowest BCUT2D eigenvalue weighted by atomic mass is 10.0. The smallest absolute Gasteiger partial charge is 0.273 e. The second-order valence-electron chi connectivity index (χ2n) is 8.56. The molecule has 0 saturated carbocycles. The largest absolute Gasteiger partial charge is 0.382 e. The molecule has 6 nitrogen and oxygen atoms in total. The van der Waals surface area contributed by atoms with Gasteiger partial charge in [0.25, 0.3) is 5.56 Å². The van der Waals surface area contributed by atoms with Crippen LogP contribution in [-0.2, 0) is 18.4 Å². The number of halogens is 2. The van der Waals surface area contributed by atoms with Gasteiger partial charge in [0.15, 0.2) is 5.82 Å². The van der Waals surface area contributed by atoms with Crippen molar-refractivity contribution in [3.05, 3.63) is 110 Å². The van der Waals surface area contributed by atoms with Gasteiger partial charge in [-0.05, 0) is 82.0 Å². The molecule has 1 N–H and O–H groups in total. The first kappa shape index (κ1) is 26.2. The minimum atomic E-state index is -1.21. The fraction of sp³-hybridized carbons (Fsp3) is 0.259. The second kappa shape index (κ2) is 11.3. The van der Waals surface area contributed by atoms with Crippen LogP contribution in [0.2, 0.25) is 5.02 Å². The van der Waals surface area contributed by atoms with E-state index in [1.165, 1.54) is 16.7 Å². The first-order valence-electron chi connectivity index (χ1n) is 11.2. The summed E-state index contributed by atoms with van der Waals surface area (Å²) in [5.74, 6) is -0.0221. The van der Waals surface area contributed by atoms with Gasteiger partial charge in [-0.2, -0.15) is 0 Å². The SMILES string of the molecule is C/C=C/N=C(/C=C/n1c(C)cc(CCc2ccc(F)cc2)c(Cl)c1=O)c1ccnc(C(C)(C)O)n1. The molecule has 0 unspecified atom stereocenters. The molecule has 3 aromatic rings. The third kappa shape index (κ3) is 6.81. The Bertz CT molecular complexity index is 1340. The Morgan fingerprint density at radius 2 is 1.94 bits per heavy atom. The number of aromatic nitrogens is 3. The number of aryl methyl sites for hydroxylation is 3. The quantitative estimate of drug-likeness (QED) is 0.434. The zero-order valence-corrected chi connectivity index (χ0v) is 20.9. The molecule has 0 spiro atoms. The number of rotatable bonds is 8. The number of aliphatic imine (C=N–C) groups is 1. The summed E-state index contributed by atoms with van der Waals surface area (Å²) in [6.07, 6.45) is 9.40. The second-order valence-corrected chi connectivity index (χ2v) is 8.94. The average Bonchev–Trinajstić information content (AvgIpc) is 2.83. The van der Waals surface area contributed by atoms with Crippen molar-refractivity contribution >= 4 is 23.5 Å². The molecule has 8 heteroatoms. The number of hydrogen-bond acceptors (Lipinski definition) is 5. The highest BCUT2D eigenvalue weighted by molar-refractivity contribution is 6.31. The molecule has 0 amide bonds. The molecule has 35 heavy (non-hydrogen) atoms. The highest BCUT2D eigenvalue weighted by atomic mass is 35.5. The molecule has 3 rings (SSSR count). The molecule has 0 fully saturated rings. The standard InChI is InChI=1S/C27H28ClFN4O2/c1-5-14-30-22(23-12-15-31-26(32-23)27(3,4)35)13-16-33-18(2)17-20(24(28)25(33)34)9-6-19-7-10-21(29)11-8-19/h5,7-8,10-17,35H,6,9H2,1-4H3/b14-5+,16-13+,30-22-. The summed E-state index contributed by atoms with van der Waals surface area (Å²) in [6.45, 7) is 6.87. The monoisotopic (exact) mass is 494 g/mol. The van der Waals surface area contributed by atoms with Crippen molar-refractivity contribution < 1.29 is 9.50 Å². The summed E-state index contributed by atoms with van der Waals surface area (Å²) in [6, 6.07) is 9.84. The number of pyridine rings is 1. The molecule has 0 aliphatic heterocycles. The fourth-order valence-corrected chi connectivity index (χ4v) is 3.62. The van der Waals surface area contributed by atoms with Crippen molar-refractivity contribution in [3.8, 4) is 0 Å². The molecule has 182 valence electrons. The van der Waals surface area contributed by atoms with Crippen molar-refractivity contribution in [1.82, 2.24) is 14.5 Å². The van der Waals surface area contributed by atoms with Gasteiger partial charge in [0.2, 0.25) is 0 Å². The average molecular weight is 495 g/mol. The third-order valence-electron chi connectivity index (χ3n) is 5.26. The minimum absolute atomic E-state index is 0.139. The first-order valence-corrected chi connectivity index (χ1v) is 11.6. The van der Waals surface area contributed by atoms with E-state index in [1.54, 1.807) is 62.8 Å². The summed E-state index contributed by atoms with van der Waals surface area (Å²) in [5, 5.41) is 10.4. The summed E-state index contributed by atoms with van der Waals surface area (Å²) >= 11 is 6.43. The molecule has 0 aliphatic carbocycles. The summed E-state index contributed by atoms with van der Waals surface area (Å²) < 4.78 is 14.6. The molecule has 2 heterocycles. The Kier molecular flexibility index (Phi) is 8.48. The van der Waals surface area contributed by atoms with Gasteiger partial charge in [0, 0.05) is 24.3 Å². The van der Waals surface area contributed by atoms with E-state index in [4.69, 9.17) is 11.6 Å². The molecular weight excluding hydrogens is 467 g/mol. The maximum atomic E-state index is 13.1. The molecule has 0 radical (unpaired) electrons. The number of aliphatic hydroxyl groups is 1. The van der Waals surface area contributed by atoms with E-state index in [0.717, 1.165) is 11.1 Å². The van der Waals surface area contributed by atoms with Gasteiger partial charge in [-0.15, -0.1) is 0 Å². The molecular formula is C27H28ClFN4O2. The maximum absolute atomic E-state index is 13.1. The number of allylic oxidation sites excluding steroid dienone is 2. The van der Waals surface area contributed by atoms with Crippen LogP contribution in [0.5, 0.6) is 0 Å². The predicted molar refractivity (Wildman–Crippen MR) is 138 cm³/mol. The van der Waals surface area contributed by atoms with E-state index >= 15 is 0 Å². The Morgan fingerprint density at radius 3 is 2.60 bits per heavy atom. The highest BCUT2D eigenvalue weighted by Gasteiger charge is 2.20. The third-order valence-corrected chi connectivity index (χ3v) is 5.66. The van der Waals surface area contributed by atoms with Crippen molar-refractivity contribution in [1.29, 1.82) is 0 Å². The normalized spacial score (nSPS) is 12.7. The summed E-state index contributed by atoms with van der Waals surface area (Å²) in [4.78, 5) is 26.0. The number of benzene rings is 1. The van der Waals surface area contributed by atoms with E-state index in [0.29, 0.717) is 29.9 Å². The maximum Gasteiger partial charge on any atom is 0.273 e. The molecule has 0 bridgehead atoms. The van der Waals surface area contributed by atoms with Gasteiger partial charge in [0.1, 0.15) is 16.4 Å². The Hall–Kier alpha value is -3.42. The van der Waals surface area contributed by atoms with Gasteiger partial charge in [-0.25, -0.2) is 14.4 Å². The van der Waals surface area contributed by atoms with Gasteiger partial charge < -0.3 is 5.11 Å². The van der Waals surface area contributed by atoms with Gasteiger partial charge >= 0.3 is 0 Å². The van der Waals surface area contributed by atoms with E-state index in [2.05, 4.69) is 15.0 Å². The van der Waals surface area contributed by atoms with Crippen LogP contribution in [0.1, 0.15) is 49.1 Å². The van der Waals surface area contributed by atoms with Crippen LogP contribution in [-0.4, -0.2) is 25.4 Å². The predicted octanol–water partition coefficient (Wildman–Crippen LogP) is 5.25. The van der Waals surface area contributed by atoms with Gasteiger partial charge in [-0.3, -0.25) is 14.4 Å². The van der Waals surface area contributed by atoms with Gasteiger partial charge in [-0.1, -0.05) is 29.8 Å². The lowest BCUT2D eigenvalue weighted by Crippen LogP contribution is -2.21. The van der Waals surface area contributed by atoms with Crippen LogP contribution in [0.15, 0.2) is 70.7 Å². The fourth-order valence-electron chi connectivity index (χ4n) is 3.38. The highest BCUT2D eigenvalue weighted by Crippen LogP contribution is 2.18. The zero-order valence-electron chi connectivity index (χ0n) is 20.2. The van der Waals surface area contributed by atoms with Crippen LogP contribution in [0.3, 0.4) is 0 Å². The molecule has 0 aliphatic rings.